The van der Waals surface area contributed by atoms with E-state index in [-0.39, 0.29) is 24.2 Å². The van der Waals surface area contributed by atoms with Gasteiger partial charge in [0.05, 0.1) is 12.7 Å². The Hall–Kier alpha value is -0.650. The normalized spacial score (nSPS) is 20.6. The molecule has 19 heavy (non-hydrogen) atoms. The number of carbonyl (C=O) groups excluding carboxylic acids is 1. The van der Waals surface area contributed by atoms with Crippen LogP contribution in [0.25, 0.3) is 0 Å². The molecule has 0 aliphatic carbocycles. The fraction of sp³-hybridized carbons (Fsp3) is 0.929. The maximum Gasteiger partial charge on any atom is 0.248 e. The number of carbonyl (C=O) groups is 1. The molecule has 5 nitrogen and oxygen atoms in total. The van der Waals surface area contributed by atoms with Gasteiger partial charge in [0.15, 0.2) is 0 Å². The van der Waals surface area contributed by atoms with Crippen LogP contribution in [0.3, 0.4) is 0 Å². The quantitative estimate of drug-likeness (QED) is 0.734. The Morgan fingerprint density at radius 3 is 2.84 bits per heavy atom. The minimum absolute atomic E-state index is 0.0589. The van der Waals surface area contributed by atoms with Crippen molar-refractivity contribution >= 4 is 5.91 Å². The van der Waals surface area contributed by atoms with E-state index in [4.69, 9.17) is 9.47 Å². The monoisotopic (exact) mass is 272 g/mol. The van der Waals surface area contributed by atoms with Crippen molar-refractivity contribution in [2.24, 2.45) is 0 Å². The zero-order valence-electron chi connectivity index (χ0n) is 12.7. The summed E-state index contributed by atoms with van der Waals surface area (Å²) in [6.07, 6.45) is 2.21. The van der Waals surface area contributed by atoms with Crippen LogP contribution in [0, 0.1) is 0 Å². The van der Waals surface area contributed by atoms with Crippen LogP contribution in [-0.4, -0.2) is 62.4 Å². The van der Waals surface area contributed by atoms with Crippen LogP contribution in [0.15, 0.2) is 0 Å². The van der Waals surface area contributed by atoms with Gasteiger partial charge in [-0.05, 0) is 40.2 Å². The molecule has 1 fully saturated rings. The SMILES string of the molecule is COCC(=O)N1CCO[C@H](CCCNC(C)(C)C)C1. The van der Waals surface area contributed by atoms with Crippen molar-refractivity contribution in [3.63, 3.8) is 0 Å². The number of hydrogen-bond donors (Lipinski definition) is 1. The maximum absolute atomic E-state index is 11.7. The lowest BCUT2D eigenvalue weighted by atomic mass is 10.1. The predicted molar refractivity (Wildman–Crippen MR) is 75.2 cm³/mol. The molecule has 1 saturated heterocycles. The first-order valence-corrected chi connectivity index (χ1v) is 7.06. The van der Waals surface area contributed by atoms with Crippen LogP contribution >= 0.6 is 0 Å². The lowest BCUT2D eigenvalue weighted by Gasteiger charge is -2.33. The highest BCUT2D eigenvalue weighted by Crippen LogP contribution is 2.11. The highest BCUT2D eigenvalue weighted by atomic mass is 16.5. The number of hydrogen-bond acceptors (Lipinski definition) is 4. The van der Waals surface area contributed by atoms with Crippen LogP contribution < -0.4 is 5.32 Å². The summed E-state index contributed by atoms with van der Waals surface area (Å²) in [6, 6.07) is 0. The molecule has 0 radical (unpaired) electrons. The molecule has 0 aromatic rings. The summed E-state index contributed by atoms with van der Waals surface area (Å²) in [7, 11) is 1.55. The highest BCUT2D eigenvalue weighted by Gasteiger charge is 2.23. The van der Waals surface area contributed by atoms with Crippen LogP contribution in [0.4, 0.5) is 0 Å². The topological polar surface area (TPSA) is 50.8 Å². The first-order chi connectivity index (χ1) is 8.92. The second-order valence-electron chi connectivity index (χ2n) is 6.08. The van der Waals surface area contributed by atoms with Crippen molar-refractivity contribution in [3.05, 3.63) is 0 Å². The number of rotatable bonds is 6. The van der Waals surface area contributed by atoms with Gasteiger partial charge in [0.2, 0.25) is 5.91 Å². The molecule has 1 amide bonds. The van der Waals surface area contributed by atoms with Gasteiger partial charge in [-0.3, -0.25) is 4.79 Å². The largest absolute Gasteiger partial charge is 0.375 e. The van der Waals surface area contributed by atoms with E-state index < -0.39 is 0 Å². The summed E-state index contributed by atoms with van der Waals surface area (Å²) in [5.41, 5.74) is 0.161. The average Bonchev–Trinajstić information content (AvgIpc) is 2.34. The van der Waals surface area contributed by atoms with Crippen LogP contribution in [0.5, 0.6) is 0 Å². The van der Waals surface area contributed by atoms with E-state index in [1.807, 2.05) is 4.90 Å². The van der Waals surface area contributed by atoms with Crippen LogP contribution in [0.1, 0.15) is 33.6 Å². The summed E-state index contributed by atoms with van der Waals surface area (Å²) in [5, 5.41) is 3.46. The Morgan fingerprint density at radius 2 is 2.21 bits per heavy atom. The summed E-state index contributed by atoms with van der Waals surface area (Å²) >= 11 is 0. The van der Waals surface area contributed by atoms with Crippen molar-refractivity contribution in [2.75, 3.05) is 40.0 Å². The van der Waals surface area contributed by atoms with E-state index in [1.54, 1.807) is 7.11 Å². The van der Waals surface area contributed by atoms with Gasteiger partial charge in [-0.15, -0.1) is 0 Å². The zero-order chi connectivity index (χ0) is 14.3. The van der Waals surface area contributed by atoms with Crippen molar-refractivity contribution in [1.29, 1.82) is 0 Å². The van der Waals surface area contributed by atoms with E-state index >= 15 is 0 Å². The van der Waals surface area contributed by atoms with Gasteiger partial charge in [0.25, 0.3) is 0 Å². The van der Waals surface area contributed by atoms with E-state index in [2.05, 4.69) is 26.1 Å². The Morgan fingerprint density at radius 1 is 1.47 bits per heavy atom. The molecule has 1 rings (SSSR count). The summed E-state index contributed by atoms with van der Waals surface area (Å²) < 4.78 is 10.6. The van der Waals surface area contributed by atoms with Crippen molar-refractivity contribution < 1.29 is 14.3 Å². The summed E-state index contributed by atoms with van der Waals surface area (Å²) in [5.74, 6) is 0.0589. The minimum atomic E-state index is 0.0589. The molecule has 1 atom stereocenters. The van der Waals surface area contributed by atoms with Gasteiger partial charge >= 0.3 is 0 Å². The molecule has 5 heteroatoms. The molecule has 0 bridgehead atoms. The van der Waals surface area contributed by atoms with Gasteiger partial charge in [0, 0.05) is 25.7 Å². The fourth-order valence-electron chi connectivity index (χ4n) is 2.13. The fourth-order valence-corrected chi connectivity index (χ4v) is 2.13. The number of morpholine rings is 1. The molecule has 1 N–H and O–H groups in total. The van der Waals surface area contributed by atoms with Gasteiger partial charge < -0.3 is 19.7 Å². The van der Waals surface area contributed by atoms with Crippen LogP contribution in [-0.2, 0) is 14.3 Å². The lowest BCUT2D eigenvalue weighted by molar-refractivity contribution is -0.142. The van der Waals surface area contributed by atoms with Gasteiger partial charge in [-0.2, -0.15) is 0 Å². The Labute approximate surface area is 116 Å². The molecule has 0 aromatic heterocycles. The molecule has 0 saturated carbocycles. The molecule has 0 unspecified atom stereocenters. The van der Waals surface area contributed by atoms with Crippen molar-refractivity contribution in [1.82, 2.24) is 10.2 Å². The number of amides is 1. The number of nitrogens with zero attached hydrogens (tertiary/aromatic N) is 1. The molecule has 112 valence electrons. The molecular weight excluding hydrogens is 244 g/mol. The number of ether oxygens (including phenoxy) is 2. The van der Waals surface area contributed by atoms with Gasteiger partial charge in [-0.1, -0.05) is 0 Å². The Balaban J connectivity index is 2.22. The molecule has 1 aliphatic rings. The third kappa shape index (κ3) is 6.89. The van der Waals surface area contributed by atoms with Crippen molar-refractivity contribution in [2.45, 2.75) is 45.3 Å². The smallest absolute Gasteiger partial charge is 0.248 e. The van der Waals surface area contributed by atoms with Crippen molar-refractivity contribution in [3.8, 4) is 0 Å². The second-order valence-corrected chi connectivity index (χ2v) is 6.08. The van der Waals surface area contributed by atoms with E-state index in [0.717, 1.165) is 19.4 Å². The zero-order valence-corrected chi connectivity index (χ0v) is 12.7. The van der Waals surface area contributed by atoms with Crippen LogP contribution in [0.2, 0.25) is 0 Å². The third-order valence-corrected chi connectivity index (χ3v) is 3.12. The third-order valence-electron chi connectivity index (χ3n) is 3.12. The van der Waals surface area contributed by atoms with E-state index in [9.17, 15) is 4.79 Å². The Bertz CT molecular complexity index is 276. The van der Waals surface area contributed by atoms with E-state index in [0.29, 0.717) is 19.7 Å². The minimum Gasteiger partial charge on any atom is -0.375 e. The Kier molecular flexibility index (Phi) is 6.75. The first-order valence-electron chi connectivity index (χ1n) is 7.06. The predicted octanol–water partition coefficient (Wildman–Crippen LogP) is 1.03. The maximum atomic E-state index is 11.7. The standard InChI is InChI=1S/C14H28N2O3/c1-14(2,3)15-7-5-6-12-10-16(8-9-19-12)13(17)11-18-4/h12,15H,5-11H2,1-4H3/t12-/m1/s1. The van der Waals surface area contributed by atoms with Gasteiger partial charge in [-0.25, -0.2) is 0 Å². The van der Waals surface area contributed by atoms with Gasteiger partial charge in [0.1, 0.15) is 6.61 Å². The number of methoxy groups -OCH3 is 1. The first kappa shape index (κ1) is 16.4. The molecular formula is C14H28N2O3. The average molecular weight is 272 g/mol. The summed E-state index contributed by atoms with van der Waals surface area (Å²) in [6.45, 7) is 9.64. The van der Waals surface area contributed by atoms with E-state index in [1.165, 1.54) is 0 Å². The number of nitrogens with one attached hydrogen (secondary N) is 1. The highest BCUT2D eigenvalue weighted by molar-refractivity contribution is 5.77. The lowest BCUT2D eigenvalue weighted by Crippen LogP contribution is -2.47. The molecule has 0 spiro atoms. The molecule has 0 aromatic carbocycles. The second kappa shape index (κ2) is 7.82. The summed E-state index contributed by atoms with van der Waals surface area (Å²) in [4.78, 5) is 13.6. The molecule has 1 heterocycles. The molecule has 1 aliphatic heterocycles.